The third-order valence-corrected chi connectivity index (χ3v) is 4.58. The smallest absolute Gasteiger partial charge is 0.255 e. The van der Waals surface area contributed by atoms with Gasteiger partial charge in [-0.25, -0.2) is 0 Å². The number of rotatable bonds is 7. The van der Waals surface area contributed by atoms with Crippen molar-refractivity contribution in [2.45, 2.75) is 73.0 Å². The van der Waals surface area contributed by atoms with Crippen molar-refractivity contribution in [1.29, 1.82) is 0 Å². The molecular weight excluding hydrogens is 488 g/mol. The number of ether oxygens (including phenoxy) is 2. The predicted octanol–water partition coefficient (Wildman–Crippen LogP) is 3.26. The zero-order valence-corrected chi connectivity index (χ0v) is 24.5. The molecule has 1 aliphatic heterocycles. The molecular formula is C28H48N4O6. The number of primary amides is 1. The summed E-state index contributed by atoms with van der Waals surface area (Å²) in [5.74, 6) is 0.707. The third kappa shape index (κ3) is 18.8. The summed E-state index contributed by atoms with van der Waals surface area (Å²) >= 11 is 0. The molecule has 1 atom stereocenters. The van der Waals surface area contributed by atoms with E-state index in [2.05, 4.69) is 31.4 Å². The number of nitrogens with one attached hydrogen (secondary N) is 2. The molecule has 0 saturated carbocycles. The van der Waals surface area contributed by atoms with Crippen LogP contribution >= 0.6 is 0 Å². The molecule has 4 N–H and O–H groups in total. The van der Waals surface area contributed by atoms with Crippen molar-refractivity contribution in [3.63, 3.8) is 0 Å². The molecule has 10 nitrogen and oxygen atoms in total. The van der Waals surface area contributed by atoms with E-state index in [9.17, 15) is 19.2 Å². The lowest BCUT2D eigenvalue weighted by Gasteiger charge is -2.21. The molecule has 1 aromatic rings. The van der Waals surface area contributed by atoms with Crippen LogP contribution in [0.1, 0.15) is 71.7 Å². The van der Waals surface area contributed by atoms with Crippen molar-refractivity contribution < 1.29 is 28.7 Å². The second-order valence-electron chi connectivity index (χ2n) is 9.90. The highest BCUT2D eigenvalue weighted by Gasteiger charge is 2.32. The van der Waals surface area contributed by atoms with Crippen LogP contribution in [0.5, 0.6) is 5.75 Å². The van der Waals surface area contributed by atoms with Crippen molar-refractivity contribution in [3.05, 3.63) is 42.1 Å². The Hall–Kier alpha value is -3.40. The fourth-order valence-corrected chi connectivity index (χ4v) is 2.58. The van der Waals surface area contributed by atoms with Crippen LogP contribution in [0.3, 0.4) is 0 Å². The Bertz CT molecular complexity index is 845. The van der Waals surface area contributed by atoms with Gasteiger partial charge in [0, 0.05) is 19.2 Å². The molecule has 0 spiro atoms. The molecule has 0 radical (unpaired) electrons. The van der Waals surface area contributed by atoms with Crippen LogP contribution < -0.4 is 21.1 Å². The number of hydrogen-bond donors (Lipinski definition) is 3. The van der Waals surface area contributed by atoms with Gasteiger partial charge in [0.15, 0.2) is 0 Å². The third-order valence-electron chi connectivity index (χ3n) is 4.58. The number of carbonyl (C=O) groups excluding carboxylic acids is 4. The SMILES string of the molecule is C/C=C\NC(=O)c1ccc(OC)cc1.CC(C)C.COC(C)(C)C.NC(=O)C1CCCN1C(=O)CNC=O. The second kappa shape index (κ2) is 20.6. The fraction of sp³-hybridized carbons (Fsp3) is 0.571. The molecule has 1 aliphatic rings. The Balaban J connectivity index is 0. The summed E-state index contributed by atoms with van der Waals surface area (Å²) in [6.45, 7) is 14.9. The van der Waals surface area contributed by atoms with Crippen molar-refractivity contribution in [2.75, 3.05) is 27.3 Å². The maximum Gasteiger partial charge on any atom is 0.255 e. The van der Waals surface area contributed by atoms with Crippen LogP contribution in [0, 0.1) is 5.92 Å². The largest absolute Gasteiger partial charge is 0.497 e. The Morgan fingerprint density at radius 3 is 2.05 bits per heavy atom. The van der Waals surface area contributed by atoms with Gasteiger partial charge in [-0.3, -0.25) is 19.2 Å². The molecule has 1 aromatic carbocycles. The minimum Gasteiger partial charge on any atom is -0.497 e. The van der Waals surface area contributed by atoms with Crippen LogP contribution in [0.25, 0.3) is 0 Å². The highest BCUT2D eigenvalue weighted by Crippen LogP contribution is 2.16. The molecule has 216 valence electrons. The van der Waals surface area contributed by atoms with Crippen molar-refractivity contribution in [2.24, 2.45) is 11.7 Å². The number of allylic oxidation sites excluding steroid dienone is 1. The summed E-state index contributed by atoms with van der Waals surface area (Å²) in [5.41, 5.74) is 5.79. The number of benzene rings is 1. The zero-order valence-electron chi connectivity index (χ0n) is 24.5. The molecule has 2 rings (SSSR count). The van der Waals surface area contributed by atoms with Crippen LogP contribution in [-0.2, 0) is 19.1 Å². The van der Waals surface area contributed by atoms with Gasteiger partial charge in [0.2, 0.25) is 18.2 Å². The summed E-state index contributed by atoms with van der Waals surface area (Å²) < 4.78 is 9.92. The van der Waals surface area contributed by atoms with E-state index in [-0.39, 0.29) is 24.0 Å². The normalized spacial score (nSPS) is 14.2. The molecule has 1 heterocycles. The average Bonchev–Trinajstić information content (AvgIpc) is 3.36. The van der Waals surface area contributed by atoms with Crippen LogP contribution in [-0.4, -0.2) is 68.0 Å². The van der Waals surface area contributed by atoms with E-state index in [0.717, 1.165) is 18.1 Å². The van der Waals surface area contributed by atoms with E-state index in [1.165, 1.54) is 4.90 Å². The number of nitrogens with two attached hydrogens (primary N) is 1. The van der Waals surface area contributed by atoms with Gasteiger partial charge >= 0.3 is 0 Å². The molecule has 38 heavy (non-hydrogen) atoms. The van der Waals surface area contributed by atoms with E-state index < -0.39 is 11.9 Å². The number of hydrogen-bond acceptors (Lipinski definition) is 6. The standard InChI is InChI=1S/C11H13NO2.C8H13N3O3.C5H12O.C4H10/c1-3-8-12-11(13)9-4-6-10(14-2)7-5-9;9-8(14)6-2-1-3-11(6)7(13)4-10-5-12;1-5(2,3)6-4;1-4(2)3/h3-8H,1-2H3,(H,12,13);5-6H,1-4H2,(H2,9,14)(H,10,12);1-4H3;4H,1-3H3/b8-3-;;;. The van der Waals surface area contributed by atoms with Crippen LogP contribution in [0.2, 0.25) is 0 Å². The van der Waals surface area contributed by atoms with E-state index in [1.807, 2.05) is 27.7 Å². The van der Waals surface area contributed by atoms with Gasteiger partial charge in [0.25, 0.3) is 5.91 Å². The Kier molecular flexibility index (Phi) is 20.0. The summed E-state index contributed by atoms with van der Waals surface area (Å²) in [6.07, 6.45) is 5.21. The van der Waals surface area contributed by atoms with Crippen molar-refractivity contribution in [3.8, 4) is 5.75 Å². The number of methoxy groups -OCH3 is 2. The summed E-state index contributed by atoms with van der Waals surface area (Å²) in [6, 6.07) is 6.45. The molecule has 1 fully saturated rings. The van der Waals surface area contributed by atoms with Gasteiger partial charge in [-0.2, -0.15) is 0 Å². The minimum absolute atomic E-state index is 0.0417. The van der Waals surface area contributed by atoms with E-state index in [0.29, 0.717) is 24.9 Å². The van der Waals surface area contributed by atoms with E-state index in [1.54, 1.807) is 50.8 Å². The lowest BCUT2D eigenvalue weighted by Crippen LogP contribution is -2.46. The zero-order chi connectivity index (χ0) is 29.7. The molecule has 10 heteroatoms. The number of carbonyl (C=O) groups is 4. The first-order valence-electron chi connectivity index (χ1n) is 12.6. The molecule has 1 unspecified atom stereocenters. The fourth-order valence-electron chi connectivity index (χ4n) is 2.58. The maximum atomic E-state index is 11.4. The Labute approximate surface area is 228 Å². The average molecular weight is 537 g/mol. The first kappa shape index (κ1) is 36.8. The second-order valence-corrected chi connectivity index (χ2v) is 9.90. The van der Waals surface area contributed by atoms with E-state index in [4.69, 9.17) is 15.2 Å². The number of likely N-dealkylation sites (tertiary alicyclic amines) is 1. The lowest BCUT2D eigenvalue weighted by atomic mass is 10.2. The first-order chi connectivity index (χ1) is 17.7. The van der Waals surface area contributed by atoms with Gasteiger partial charge in [0.05, 0.1) is 19.3 Å². The molecule has 0 bridgehead atoms. The van der Waals surface area contributed by atoms with Gasteiger partial charge in [-0.1, -0.05) is 26.8 Å². The molecule has 0 aliphatic carbocycles. The Morgan fingerprint density at radius 1 is 1.13 bits per heavy atom. The molecule has 1 saturated heterocycles. The lowest BCUT2D eigenvalue weighted by molar-refractivity contribution is -0.137. The van der Waals surface area contributed by atoms with Gasteiger partial charge in [-0.05, 0) is 76.9 Å². The van der Waals surface area contributed by atoms with Gasteiger partial charge in [-0.15, -0.1) is 0 Å². The van der Waals surface area contributed by atoms with E-state index >= 15 is 0 Å². The monoisotopic (exact) mass is 536 g/mol. The van der Waals surface area contributed by atoms with Crippen molar-refractivity contribution >= 4 is 24.1 Å². The maximum absolute atomic E-state index is 11.4. The quantitative estimate of drug-likeness (QED) is 0.457. The van der Waals surface area contributed by atoms with Crippen LogP contribution in [0.15, 0.2) is 36.5 Å². The highest BCUT2D eigenvalue weighted by molar-refractivity contribution is 5.94. The number of amides is 4. The van der Waals surface area contributed by atoms with Crippen molar-refractivity contribution in [1.82, 2.24) is 15.5 Å². The topological polar surface area (TPSA) is 140 Å². The first-order valence-corrected chi connectivity index (χ1v) is 12.6. The molecule has 4 amide bonds. The molecule has 0 aromatic heterocycles. The summed E-state index contributed by atoms with van der Waals surface area (Å²) in [5, 5.41) is 4.89. The summed E-state index contributed by atoms with van der Waals surface area (Å²) in [4.78, 5) is 45.1. The van der Waals surface area contributed by atoms with Crippen LogP contribution in [0.4, 0.5) is 0 Å². The highest BCUT2D eigenvalue weighted by atomic mass is 16.5. The predicted molar refractivity (Wildman–Crippen MR) is 151 cm³/mol. The number of nitrogens with zero attached hydrogens (tertiary/aromatic N) is 1. The van der Waals surface area contributed by atoms with Gasteiger partial charge < -0.3 is 30.7 Å². The Morgan fingerprint density at radius 2 is 1.66 bits per heavy atom. The van der Waals surface area contributed by atoms with Gasteiger partial charge in [0.1, 0.15) is 11.8 Å². The summed E-state index contributed by atoms with van der Waals surface area (Å²) in [7, 11) is 3.30. The minimum atomic E-state index is -0.504.